The third kappa shape index (κ3) is 11.1. The van der Waals surface area contributed by atoms with Crippen LogP contribution in [0.2, 0.25) is 0 Å². The first kappa shape index (κ1) is 17.2. The van der Waals surface area contributed by atoms with Gasteiger partial charge in [0, 0.05) is 12.1 Å². The molecule has 0 heterocycles. The molecule has 3 N–H and O–H groups in total. The summed E-state index contributed by atoms with van der Waals surface area (Å²) in [6.45, 7) is 4.57. The van der Waals surface area contributed by atoms with Crippen LogP contribution >= 0.6 is 0 Å². The second kappa shape index (κ2) is 11.3. The highest BCUT2D eigenvalue weighted by molar-refractivity contribution is 5.86. The molecule has 0 atom stereocenters. The number of carboxylic acid groups (broad SMARTS) is 1. The number of allylic oxidation sites excluding steroid dienone is 2. The molecule has 0 saturated carbocycles. The maximum Gasteiger partial charge on any atom is 0.331 e. The van der Waals surface area contributed by atoms with E-state index in [0.29, 0.717) is 6.54 Å². The predicted octanol–water partition coefficient (Wildman–Crippen LogP) is 1.82. The van der Waals surface area contributed by atoms with E-state index in [2.05, 4.69) is 17.6 Å². The highest BCUT2D eigenvalue weighted by atomic mass is 16.4. The van der Waals surface area contributed by atoms with Crippen LogP contribution in [0.4, 0.5) is 0 Å². The van der Waals surface area contributed by atoms with Crippen LogP contribution in [-0.4, -0.2) is 30.1 Å². The molecular weight excluding hydrogens is 244 g/mol. The summed E-state index contributed by atoms with van der Waals surface area (Å²) in [6, 6.07) is 0. The average molecular weight is 268 g/mol. The molecule has 0 aromatic carbocycles. The molecule has 0 bridgehead atoms. The molecule has 5 heteroatoms. The average Bonchev–Trinajstić information content (AvgIpc) is 2.37. The molecule has 0 unspecified atom stereocenters. The smallest absolute Gasteiger partial charge is 0.331 e. The lowest BCUT2D eigenvalue weighted by Gasteiger charge is -2.04. The number of unbranched alkanes of at least 4 members (excludes halogenated alkanes) is 3. The highest BCUT2D eigenvalue weighted by Gasteiger charge is 1.98. The van der Waals surface area contributed by atoms with Crippen molar-refractivity contribution in [2.45, 2.75) is 39.5 Å². The lowest BCUT2D eigenvalue weighted by atomic mass is 10.2. The van der Waals surface area contributed by atoms with E-state index in [-0.39, 0.29) is 18.0 Å². The van der Waals surface area contributed by atoms with E-state index >= 15 is 0 Å². The number of carbonyl (C=O) groups excluding carboxylic acids is 1. The maximum absolute atomic E-state index is 11.4. The number of rotatable bonds is 10. The molecule has 0 aliphatic rings. The minimum atomic E-state index is -0.950. The molecule has 0 saturated heterocycles. The third-order valence-electron chi connectivity index (χ3n) is 2.51. The molecular formula is C14H24N2O3. The summed E-state index contributed by atoms with van der Waals surface area (Å²) in [7, 11) is 0. The van der Waals surface area contributed by atoms with Crippen LogP contribution in [0.15, 0.2) is 23.9 Å². The summed E-state index contributed by atoms with van der Waals surface area (Å²) in [5, 5.41) is 14.2. The largest absolute Gasteiger partial charge is 0.478 e. The van der Waals surface area contributed by atoms with Gasteiger partial charge in [0.05, 0.1) is 6.54 Å². The van der Waals surface area contributed by atoms with Crippen LogP contribution in [-0.2, 0) is 9.59 Å². The van der Waals surface area contributed by atoms with Gasteiger partial charge in [-0.25, -0.2) is 4.79 Å². The second-order valence-electron chi connectivity index (χ2n) is 4.31. The standard InChI is InChI=1S/C14H24N2O3/c1-3-4-5-6-10-16-13(17)11-15-9-7-8-12(2)14(18)19/h7-9,15H,3-6,10-11H2,1-2H3,(H,16,17)(H,18,19)/b9-7-,12-8+. The van der Waals surface area contributed by atoms with Crippen LogP contribution in [0.5, 0.6) is 0 Å². The van der Waals surface area contributed by atoms with E-state index in [1.807, 2.05) is 0 Å². The van der Waals surface area contributed by atoms with Gasteiger partial charge in [-0.1, -0.05) is 32.3 Å². The maximum atomic E-state index is 11.4. The summed E-state index contributed by atoms with van der Waals surface area (Å²) < 4.78 is 0. The Hall–Kier alpha value is -1.78. The van der Waals surface area contributed by atoms with Crippen molar-refractivity contribution in [1.82, 2.24) is 10.6 Å². The molecule has 0 radical (unpaired) electrons. The minimum absolute atomic E-state index is 0.0555. The monoisotopic (exact) mass is 268 g/mol. The molecule has 19 heavy (non-hydrogen) atoms. The van der Waals surface area contributed by atoms with Gasteiger partial charge in [-0.2, -0.15) is 0 Å². The topological polar surface area (TPSA) is 78.4 Å². The molecule has 1 amide bonds. The SMILES string of the molecule is CCCCCCNC(=O)CN/C=C\C=C(/C)C(=O)O. The molecule has 108 valence electrons. The molecule has 5 nitrogen and oxygen atoms in total. The first-order valence-electron chi connectivity index (χ1n) is 6.64. The summed E-state index contributed by atoms with van der Waals surface area (Å²) in [5.74, 6) is -1.01. The lowest BCUT2D eigenvalue weighted by molar-refractivity contribution is -0.132. The van der Waals surface area contributed by atoms with Crippen LogP contribution in [0, 0.1) is 0 Å². The zero-order chi connectivity index (χ0) is 14.5. The molecule has 0 aliphatic carbocycles. The van der Waals surface area contributed by atoms with Gasteiger partial charge in [0.25, 0.3) is 0 Å². The zero-order valence-corrected chi connectivity index (χ0v) is 11.7. The summed E-state index contributed by atoms with van der Waals surface area (Å²) in [6.07, 6.45) is 9.13. The molecule has 0 aromatic heterocycles. The van der Waals surface area contributed by atoms with E-state index in [1.165, 1.54) is 25.8 Å². The van der Waals surface area contributed by atoms with Gasteiger partial charge in [-0.3, -0.25) is 4.79 Å². The van der Waals surface area contributed by atoms with Crippen molar-refractivity contribution in [2.24, 2.45) is 0 Å². The number of carboxylic acids is 1. The van der Waals surface area contributed by atoms with Gasteiger partial charge in [-0.05, 0) is 25.6 Å². The summed E-state index contributed by atoms with van der Waals surface area (Å²) in [4.78, 5) is 21.8. The van der Waals surface area contributed by atoms with Gasteiger partial charge < -0.3 is 15.7 Å². The Balaban J connectivity index is 3.60. The number of hydrogen-bond donors (Lipinski definition) is 3. The number of hydrogen-bond acceptors (Lipinski definition) is 3. The van der Waals surface area contributed by atoms with Gasteiger partial charge in [0.1, 0.15) is 0 Å². The first-order valence-corrected chi connectivity index (χ1v) is 6.64. The second-order valence-corrected chi connectivity index (χ2v) is 4.31. The highest BCUT2D eigenvalue weighted by Crippen LogP contribution is 1.96. The molecule has 0 aliphatic heterocycles. The number of aliphatic carboxylic acids is 1. The van der Waals surface area contributed by atoms with E-state index < -0.39 is 5.97 Å². The fourth-order valence-corrected chi connectivity index (χ4v) is 1.33. The Morgan fingerprint density at radius 3 is 2.58 bits per heavy atom. The van der Waals surface area contributed by atoms with Crippen molar-refractivity contribution in [1.29, 1.82) is 0 Å². The van der Waals surface area contributed by atoms with Crippen LogP contribution in [0.3, 0.4) is 0 Å². The van der Waals surface area contributed by atoms with Crippen LogP contribution in [0.25, 0.3) is 0 Å². The Morgan fingerprint density at radius 2 is 1.95 bits per heavy atom. The fraction of sp³-hybridized carbons (Fsp3) is 0.571. The lowest BCUT2D eigenvalue weighted by Crippen LogP contribution is -2.32. The molecule has 0 fully saturated rings. The van der Waals surface area contributed by atoms with Gasteiger partial charge in [-0.15, -0.1) is 0 Å². The zero-order valence-electron chi connectivity index (χ0n) is 11.7. The number of carbonyl (C=O) groups is 2. The minimum Gasteiger partial charge on any atom is -0.478 e. The fourth-order valence-electron chi connectivity index (χ4n) is 1.33. The molecule has 0 aromatic rings. The number of amides is 1. The van der Waals surface area contributed by atoms with E-state index in [0.717, 1.165) is 12.8 Å². The van der Waals surface area contributed by atoms with Crippen LogP contribution < -0.4 is 10.6 Å². The molecule has 0 rings (SSSR count). The third-order valence-corrected chi connectivity index (χ3v) is 2.51. The van der Waals surface area contributed by atoms with Crippen molar-refractivity contribution in [2.75, 3.05) is 13.1 Å². The Kier molecular flexibility index (Phi) is 10.3. The van der Waals surface area contributed by atoms with Crippen molar-refractivity contribution in [3.05, 3.63) is 23.9 Å². The Bertz CT molecular complexity index is 336. The Labute approximate surface area is 114 Å². The quantitative estimate of drug-likeness (QED) is 0.321. The normalized spacial score (nSPS) is 11.6. The van der Waals surface area contributed by atoms with E-state index in [1.54, 1.807) is 12.3 Å². The van der Waals surface area contributed by atoms with Crippen molar-refractivity contribution >= 4 is 11.9 Å². The van der Waals surface area contributed by atoms with Gasteiger partial charge in [0.15, 0.2) is 0 Å². The summed E-state index contributed by atoms with van der Waals surface area (Å²) >= 11 is 0. The van der Waals surface area contributed by atoms with Crippen molar-refractivity contribution < 1.29 is 14.7 Å². The first-order chi connectivity index (χ1) is 9.07. The van der Waals surface area contributed by atoms with Crippen molar-refractivity contribution in [3.8, 4) is 0 Å². The van der Waals surface area contributed by atoms with E-state index in [9.17, 15) is 9.59 Å². The predicted molar refractivity (Wildman–Crippen MR) is 75.7 cm³/mol. The summed E-state index contributed by atoms with van der Waals surface area (Å²) in [5.41, 5.74) is 0.249. The number of nitrogens with one attached hydrogen (secondary N) is 2. The van der Waals surface area contributed by atoms with Crippen LogP contribution in [0.1, 0.15) is 39.5 Å². The molecule has 0 spiro atoms. The van der Waals surface area contributed by atoms with Gasteiger partial charge >= 0.3 is 5.97 Å². The van der Waals surface area contributed by atoms with Gasteiger partial charge in [0.2, 0.25) is 5.91 Å². The van der Waals surface area contributed by atoms with Crippen molar-refractivity contribution in [3.63, 3.8) is 0 Å². The van der Waals surface area contributed by atoms with E-state index in [4.69, 9.17) is 5.11 Å². The Morgan fingerprint density at radius 1 is 1.21 bits per heavy atom.